The first-order chi connectivity index (χ1) is 12.2. The minimum atomic E-state index is -0.221. The van der Waals surface area contributed by atoms with Crippen LogP contribution in [0.25, 0.3) is 0 Å². The summed E-state index contributed by atoms with van der Waals surface area (Å²) in [6.07, 6.45) is 2.14. The predicted octanol–water partition coefficient (Wildman–Crippen LogP) is 2.11. The Hall–Kier alpha value is -1.80. The molecule has 2 aliphatic heterocycles. The fraction of sp³-hybridized carbons (Fsp3) is 0.444. The van der Waals surface area contributed by atoms with Crippen molar-refractivity contribution in [1.29, 1.82) is 0 Å². The number of rotatable bonds is 3. The lowest BCUT2D eigenvalue weighted by molar-refractivity contribution is 0.102. The number of nitrogens with one attached hydrogen (secondary N) is 3. The van der Waals surface area contributed by atoms with E-state index in [1.807, 2.05) is 24.3 Å². The van der Waals surface area contributed by atoms with E-state index in [4.69, 9.17) is 0 Å². The standard InChI is InChI=1S/C18H23N5O2.2ClH/c24-12-6-9-23(10-7-12)16-4-2-1-3-15(16)20-18(25)17-13-11-19-8-5-14(13)21-22-17;;/h1-4,12,19,24H,5-11H2,(H,20,25)(H,21,22);2*1H. The number of aliphatic hydroxyl groups is 1. The normalized spacial score (nSPS) is 16.7. The summed E-state index contributed by atoms with van der Waals surface area (Å²) in [5.74, 6) is -0.189. The quantitative estimate of drug-likeness (QED) is 0.618. The monoisotopic (exact) mass is 413 g/mol. The van der Waals surface area contributed by atoms with Gasteiger partial charge in [-0.15, -0.1) is 24.8 Å². The number of fused-ring (bicyclic) bond motifs is 1. The topological polar surface area (TPSA) is 93.3 Å². The van der Waals surface area contributed by atoms with Gasteiger partial charge in [-0.25, -0.2) is 0 Å². The van der Waals surface area contributed by atoms with E-state index in [2.05, 4.69) is 25.7 Å². The van der Waals surface area contributed by atoms with E-state index < -0.39 is 0 Å². The fourth-order valence-corrected chi connectivity index (χ4v) is 3.56. The number of aromatic amines is 1. The molecular weight excluding hydrogens is 389 g/mol. The minimum absolute atomic E-state index is 0. The van der Waals surface area contributed by atoms with Gasteiger partial charge >= 0.3 is 0 Å². The van der Waals surface area contributed by atoms with Gasteiger partial charge in [-0.3, -0.25) is 9.89 Å². The Morgan fingerprint density at radius 1 is 1.22 bits per heavy atom. The Morgan fingerprint density at radius 2 is 1.96 bits per heavy atom. The van der Waals surface area contributed by atoms with Crippen molar-refractivity contribution in [3.05, 3.63) is 41.2 Å². The number of para-hydroxylation sites is 2. The number of H-pyrrole nitrogens is 1. The average Bonchev–Trinajstić information content (AvgIpc) is 3.07. The zero-order chi connectivity index (χ0) is 17.2. The highest BCUT2D eigenvalue weighted by atomic mass is 35.5. The molecule has 0 atom stereocenters. The molecule has 9 heteroatoms. The summed E-state index contributed by atoms with van der Waals surface area (Å²) < 4.78 is 0. The molecule has 1 saturated heterocycles. The third kappa shape index (κ3) is 4.55. The van der Waals surface area contributed by atoms with Crippen molar-refractivity contribution in [2.24, 2.45) is 0 Å². The molecule has 3 heterocycles. The van der Waals surface area contributed by atoms with Crippen molar-refractivity contribution in [3.63, 3.8) is 0 Å². The predicted molar refractivity (Wildman–Crippen MR) is 110 cm³/mol. The van der Waals surface area contributed by atoms with Gasteiger partial charge in [-0.2, -0.15) is 5.10 Å². The van der Waals surface area contributed by atoms with Gasteiger partial charge in [0.2, 0.25) is 0 Å². The van der Waals surface area contributed by atoms with E-state index in [0.717, 1.165) is 61.5 Å². The summed E-state index contributed by atoms with van der Waals surface area (Å²) in [5.41, 5.74) is 4.24. The maximum atomic E-state index is 12.8. The van der Waals surface area contributed by atoms with Crippen LogP contribution >= 0.6 is 24.8 Å². The number of carbonyl (C=O) groups is 1. The van der Waals surface area contributed by atoms with Gasteiger partial charge in [0.25, 0.3) is 5.91 Å². The van der Waals surface area contributed by atoms with Gasteiger partial charge in [0.15, 0.2) is 5.69 Å². The zero-order valence-corrected chi connectivity index (χ0v) is 16.5. The minimum Gasteiger partial charge on any atom is -0.393 e. The van der Waals surface area contributed by atoms with Crippen LogP contribution in [-0.2, 0) is 13.0 Å². The third-order valence-corrected chi connectivity index (χ3v) is 4.98. The van der Waals surface area contributed by atoms with Crippen molar-refractivity contribution in [2.45, 2.75) is 31.9 Å². The van der Waals surface area contributed by atoms with Gasteiger partial charge in [-0.05, 0) is 25.0 Å². The van der Waals surface area contributed by atoms with E-state index in [1.165, 1.54) is 0 Å². The molecule has 1 fully saturated rings. The third-order valence-electron chi connectivity index (χ3n) is 4.98. The Morgan fingerprint density at radius 3 is 2.74 bits per heavy atom. The van der Waals surface area contributed by atoms with E-state index in [9.17, 15) is 9.90 Å². The lowest BCUT2D eigenvalue weighted by Gasteiger charge is -2.32. The van der Waals surface area contributed by atoms with Gasteiger partial charge in [0, 0.05) is 43.9 Å². The molecule has 0 aliphatic carbocycles. The molecule has 2 aliphatic rings. The molecule has 7 nitrogen and oxygen atoms in total. The maximum Gasteiger partial charge on any atom is 0.276 e. The number of carbonyl (C=O) groups excluding carboxylic acids is 1. The average molecular weight is 414 g/mol. The summed E-state index contributed by atoms with van der Waals surface area (Å²) in [4.78, 5) is 15.0. The number of hydrogen-bond donors (Lipinski definition) is 4. The van der Waals surface area contributed by atoms with Crippen LogP contribution in [0.15, 0.2) is 24.3 Å². The maximum absolute atomic E-state index is 12.8. The SMILES string of the molecule is Cl.Cl.O=C(Nc1ccccc1N1CCC(O)CC1)c1n[nH]c2c1CNCC2. The first-order valence-electron chi connectivity index (χ1n) is 8.82. The largest absolute Gasteiger partial charge is 0.393 e. The van der Waals surface area contributed by atoms with E-state index >= 15 is 0 Å². The van der Waals surface area contributed by atoms with E-state index in [0.29, 0.717) is 12.2 Å². The molecule has 148 valence electrons. The number of hydrogen-bond acceptors (Lipinski definition) is 5. The Labute approximate surface area is 170 Å². The van der Waals surface area contributed by atoms with Crippen molar-refractivity contribution in [2.75, 3.05) is 29.9 Å². The fourth-order valence-electron chi connectivity index (χ4n) is 3.56. The molecule has 0 saturated carbocycles. The van der Waals surface area contributed by atoms with Gasteiger partial charge in [0.05, 0.1) is 17.5 Å². The highest BCUT2D eigenvalue weighted by Gasteiger charge is 2.24. The number of aromatic nitrogens is 2. The molecule has 1 amide bonds. The number of nitrogens with zero attached hydrogens (tertiary/aromatic N) is 2. The van der Waals surface area contributed by atoms with Crippen LogP contribution in [0.2, 0.25) is 0 Å². The molecule has 0 unspecified atom stereocenters. The van der Waals surface area contributed by atoms with Crippen LogP contribution in [0.1, 0.15) is 34.6 Å². The number of anilines is 2. The van der Waals surface area contributed by atoms with Crippen LogP contribution in [0, 0.1) is 0 Å². The molecule has 4 rings (SSSR count). The smallest absolute Gasteiger partial charge is 0.276 e. The van der Waals surface area contributed by atoms with Crippen LogP contribution in [0.5, 0.6) is 0 Å². The second-order valence-electron chi connectivity index (χ2n) is 6.65. The second kappa shape index (κ2) is 9.41. The van der Waals surface area contributed by atoms with Crippen LogP contribution in [0.4, 0.5) is 11.4 Å². The summed E-state index contributed by atoms with van der Waals surface area (Å²) in [5, 5.41) is 23.2. The molecule has 1 aromatic carbocycles. The van der Waals surface area contributed by atoms with Gasteiger partial charge < -0.3 is 20.6 Å². The van der Waals surface area contributed by atoms with Gasteiger partial charge in [0.1, 0.15) is 0 Å². The second-order valence-corrected chi connectivity index (χ2v) is 6.65. The highest BCUT2D eigenvalue weighted by Crippen LogP contribution is 2.29. The van der Waals surface area contributed by atoms with Crippen LogP contribution in [0.3, 0.4) is 0 Å². The Bertz CT molecular complexity index is 775. The zero-order valence-electron chi connectivity index (χ0n) is 14.9. The van der Waals surface area contributed by atoms with E-state index in [-0.39, 0.29) is 36.8 Å². The summed E-state index contributed by atoms with van der Waals surface area (Å²) >= 11 is 0. The number of amides is 1. The Balaban J connectivity index is 0.00000131. The van der Waals surface area contributed by atoms with Crippen molar-refractivity contribution in [1.82, 2.24) is 15.5 Å². The van der Waals surface area contributed by atoms with Crippen molar-refractivity contribution in [3.8, 4) is 0 Å². The molecule has 0 spiro atoms. The number of aliphatic hydroxyl groups excluding tert-OH is 1. The molecule has 0 bridgehead atoms. The number of piperidine rings is 1. The molecule has 2 aromatic rings. The van der Waals surface area contributed by atoms with Crippen LogP contribution in [-0.4, -0.2) is 46.9 Å². The summed E-state index contributed by atoms with van der Waals surface area (Å²) in [6, 6.07) is 7.81. The summed E-state index contributed by atoms with van der Waals surface area (Å²) in [7, 11) is 0. The lowest BCUT2D eigenvalue weighted by atomic mass is 10.1. The van der Waals surface area contributed by atoms with Crippen LogP contribution < -0.4 is 15.5 Å². The summed E-state index contributed by atoms with van der Waals surface area (Å²) in [6.45, 7) is 3.14. The lowest BCUT2D eigenvalue weighted by Crippen LogP contribution is -2.36. The van der Waals surface area contributed by atoms with Crippen molar-refractivity contribution < 1.29 is 9.90 Å². The molecule has 4 N–H and O–H groups in total. The first-order valence-corrected chi connectivity index (χ1v) is 8.82. The molecule has 27 heavy (non-hydrogen) atoms. The van der Waals surface area contributed by atoms with Gasteiger partial charge in [-0.1, -0.05) is 12.1 Å². The van der Waals surface area contributed by atoms with E-state index in [1.54, 1.807) is 0 Å². The van der Waals surface area contributed by atoms with Crippen molar-refractivity contribution >= 4 is 42.1 Å². The number of halogens is 2. The molecule has 1 aromatic heterocycles. The highest BCUT2D eigenvalue weighted by molar-refractivity contribution is 6.05. The molecule has 0 radical (unpaired) electrons. The molecular formula is C18H25Cl2N5O2. The first kappa shape index (κ1) is 21.5. The number of benzene rings is 1. The Kier molecular flexibility index (Phi) is 7.49.